The van der Waals surface area contributed by atoms with Crippen LogP contribution in [0.15, 0.2) is 115 Å². The summed E-state index contributed by atoms with van der Waals surface area (Å²) in [5, 5.41) is 29.9. The Labute approximate surface area is 375 Å². The van der Waals surface area contributed by atoms with E-state index in [1.165, 1.54) is 4.90 Å². The van der Waals surface area contributed by atoms with Gasteiger partial charge in [-0.1, -0.05) is 103 Å². The smallest absolute Gasteiger partial charge is 0.318 e. The van der Waals surface area contributed by atoms with Crippen LogP contribution < -0.4 is 27.0 Å². The minimum absolute atomic E-state index is 0.000527. The molecule has 0 radical (unpaired) electrons. The molecule has 0 aromatic heterocycles. The maximum atomic E-state index is 14.9. The highest BCUT2D eigenvalue weighted by Gasteiger charge is 2.44. The largest absolute Gasteiger partial charge is 0.481 e. The second-order valence-electron chi connectivity index (χ2n) is 16.5. The number of nitrogens with one attached hydrogen (secondary N) is 4. The SMILES string of the molecule is NC(=O)[C@H]1CCNC(=O)/C=C/C(=O)N2CCCC(Cc3ccccc3)(C2)C(=O)N[C@H](Cc2ccc(-c3ccc(CC(C(=O)O)C(=O)O)cc3)cc2)C(=O)NCc2ccccc2CC(=O)N1. The molecular weight excluding hydrogens is 833 g/mol. The average molecular weight is 885 g/mol. The lowest BCUT2D eigenvalue weighted by molar-refractivity contribution is -0.154. The van der Waals surface area contributed by atoms with Crippen molar-refractivity contribution >= 4 is 47.4 Å². The van der Waals surface area contributed by atoms with Gasteiger partial charge in [-0.2, -0.15) is 0 Å². The van der Waals surface area contributed by atoms with Gasteiger partial charge in [-0.05, 0) is 71.0 Å². The van der Waals surface area contributed by atoms with E-state index < -0.39 is 70.8 Å². The van der Waals surface area contributed by atoms with Crippen molar-refractivity contribution in [3.63, 3.8) is 0 Å². The Hall–Kier alpha value is -7.62. The summed E-state index contributed by atoms with van der Waals surface area (Å²) in [4.78, 5) is 105. The number of carboxylic acid groups (broad SMARTS) is 2. The van der Waals surface area contributed by atoms with Crippen molar-refractivity contribution < 1.29 is 48.6 Å². The van der Waals surface area contributed by atoms with Crippen molar-refractivity contribution in [1.82, 2.24) is 26.2 Å². The number of hydrogen-bond donors (Lipinski definition) is 7. The normalized spacial score (nSPS) is 20.7. The summed E-state index contributed by atoms with van der Waals surface area (Å²) in [6, 6.07) is 28.4. The number of carbonyl (C=O) groups is 8. The highest BCUT2D eigenvalue weighted by Crippen LogP contribution is 2.35. The Morgan fingerprint density at radius 1 is 0.738 bits per heavy atom. The number of carboxylic acids is 2. The third-order valence-corrected chi connectivity index (χ3v) is 11.8. The first kappa shape index (κ1) is 46.9. The number of aliphatic carboxylic acids is 2. The first-order valence-corrected chi connectivity index (χ1v) is 21.4. The maximum absolute atomic E-state index is 14.9. The van der Waals surface area contributed by atoms with E-state index in [0.29, 0.717) is 41.6 Å². The van der Waals surface area contributed by atoms with Crippen molar-refractivity contribution in [3.05, 3.63) is 143 Å². The summed E-state index contributed by atoms with van der Waals surface area (Å²) in [5.41, 5.74) is 9.33. The van der Waals surface area contributed by atoms with Gasteiger partial charge in [0.1, 0.15) is 12.1 Å². The van der Waals surface area contributed by atoms with Gasteiger partial charge in [0, 0.05) is 44.8 Å². The molecule has 16 heteroatoms. The third-order valence-electron chi connectivity index (χ3n) is 11.8. The lowest BCUT2D eigenvalue weighted by Gasteiger charge is -2.42. The Kier molecular flexibility index (Phi) is 15.6. The fourth-order valence-corrected chi connectivity index (χ4v) is 8.22. The predicted octanol–water partition coefficient (Wildman–Crippen LogP) is 2.47. The summed E-state index contributed by atoms with van der Waals surface area (Å²) in [6.07, 6.45) is 3.11. The number of hydrogen-bond acceptors (Lipinski definition) is 8. The number of piperidine rings is 1. The van der Waals surface area contributed by atoms with Crippen LogP contribution in [0.3, 0.4) is 0 Å². The lowest BCUT2D eigenvalue weighted by Crippen LogP contribution is -2.58. The minimum atomic E-state index is -1.57. The van der Waals surface area contributed by atoms with Gasteiger partial charge in [-0.15, -0.1) is 0 Å². The summed E-state index contributed by atoms with van der Waals surface area (Å²) in [6.45, 7) is 0.323. The number of benzene rings is 4. The number of fused-ring (bicyclic) bond motifs is 3. The number of primary amides is 1. The molecule has 1 fully saturated rings. The van der Waals surface area contributed by atoms with Crippen molar-refractivity contribution in [2.24, 2.45) is 17.1 Å². The van der Waals surface area contributed by atoms with Crippen molar-refractivity contribution in [2.45, 2.75) is 63.6 Å². The summed E-state index contributed by atoms with van der Waals surface area (Å²) >= 11 is 0. The molecule has 4 aromatic rings. The van der Waals surface area contributed by atoms with Gasteiger partial charge < -0.3 is 42.1 Å². The number of rotatable bonds is 10. The van der Waals surface area contributed by atoms with Gasteiger partial charge in [-0.3, -0.25) is 38.4 Å². The Balaban J connectivity index is 1.31. The molecule has 65 heavy (non-hydrogen) atoms. The van der Waals surface area contributed by atoms with Crippen molar-refractivity contribution in [1.29, 1.82) is 0 Å². The second kappa shape index (κ2) is 21.6. The van der Waals surface area contributed by atoms with Gasteiger partial charge in [0.15, 0.2) is 5.92 Å². The molecule has 6 rings (SSSR count). The van der Waals surface area contributed by atoms with E-state index in [1.807, 2.05) is 54.6 Å². The molecule has 2 bridgehead atoms. The van der Waals surface area contributed by atoms with Crippen molar-refractivity contribution in [3.8, 4) is 11.1 Å². The van der Waals surface area contributed by atoms with Gasteiger partial charge in [-0.25, -0.2) is 0 Å². The fraction of sp³-hybridized carbons (Fsp3) is 0.306. The van der Waals surface area contributed by atoms with E-state index in [9.17, 15) is 48.6 Å². The molecule has 2 aliphatic heterocycles. The first-order valence-electron chi connectivity index (χ1n) is 21.4. The van der Waals surface area contributed by atoms with Crippen LogP contribution in [-0.2, 0) is 70.6 Å². The van der Waals surface area contributed by atoms with Crippen LogP contribution in [0.2, 0.25) is 0 Å². The quantitative estimate of drug-likeness (QED) is 0.115. The standard InChI is InChI=1S/C49H52N6O10/c50-44(59)39-21-23-51-41(56)19-20-43(58)55-24-6-22-49(30-55,28-33-7-2-1-3-8-33)48(65)54-40(45(60)52-29-37-10-5-4-9-36(37)27-42(57)53-39)26-32-13-17-35(18-14-32)34-15-11-31(12-16-34)25-38(46(61)62)47(63)64/h1-5,7-20,38-40H,6,21-30H2,(H2,50,59)(H,51,56)(H,52,60)(H,53,57)(H,54,65)(H,61,62)(H,63,64)/b20-19+/t39-,40-,49?/m1/s1. The van der Waals surface area contributed by atoms with E-state index in [1.54, 1.807) is 48.5 Å². The molecule has 338 valence electrons. The third kappa shape index (κ3) is 12.7. The zero-order chi connectivity index (χ0) is 46.5. The zero-order valence-electron chi connectivity index (χ0n) is 35.7. The topological polar surface area (TPSA) is 254 Å². The molecular formula is C49H52N6O10. The van der Waals surface area contributed by atoms with E-state index in [4.69, 9.17) is 5.73 Å². The molecule has 0 spiro atoms. The van der Waals surface area contributed by atoms with Crippen LogP contribution >= 0.6 is 0 Å². The summed E-state index contributed by atoms with van der Waals surface area (Å²) in [7, 11) is 0. The number of carbonyl (C=O) groups excluding carboxylic acids is 6. The van der Waals surface area contributed by atoms with Gasteiger partial charge >= 0.3 is 11.9 Å². The van der Waals surface area contributed by atoms with E-state index in [0.717, 1.165) is 28.8 Å². The van der Waals surface area contributed by atoms with E-state index in [-0.39, 0.29) is 51.7 Å². The van der Waals surface area contributed by atoms with Crippen LogP contribution in [0.1, 0.15) is 47.1 Å². The van der Waals surface area contributed by atoms with Crippen LogP contribution in [0.4, 0.5) is 0 Å². The maximum Gasteiger partial charge on any atom is 0.318 e. The number of amides is 6. The molecule has 2 heterocycles. The Bertz CT molecular complexity index is 2430. The Morgan fingerprint density at radius 3 is 2.02 bits per heavy atom. The number of nitrogens with zero attached hydrogens (tertiary/aromatic N) is 1. The molecule has 2 aliphatic rings. The molecule has 0 aliphatic carbocycles. The minimum Gasteiger partial charge on any atom is -0.481 e. The van der Waals surface area contributed by atoms with Crippen molar-refractivity contribution in [2.75, 3.05) is 19.6 Å². The highest BCUT2D eigenvalue weighted by atomic mass is 16.4. The summed E-state index contributed by atoms with van der Waals surface area (Å²) < 4.78 is 0. The van der Waals surface area contributed by atoms with Gasteiger partial charge in [0.25, 0.3) is 0 Å². The van der Waals surface area contributed by atoms with Crippen LogP contribution in [0.25, 0.3) is 11.1 Å². The average Bonchev–Trinajstić information content (AvgIpc) is 3.29. The molecule has 16 nitrogen and oxygen atoms in total. The second-order valence-corrected chi connectivity index (χ2v) is 16.5. The van der Waals surface area contributed by atoms with E-state index in [2.05, 4.69) is 21.3 Å². The van der Waals surface area contributed by atoms with E-state index >= 15 is 0 Å². The molecule has 0 saturated carbocycles. The molecule has 3 atom stereocenters. The Morgan fingerprint density at radius 2 is 1.37 bits per heavy atom. The number of nitrogens with two attached hydrogens (primary N) is 1. The zero-order valence-corrected chi connectivity index (χ0v) is 35.7. The lowest BCUT2D eigenvalue weighted by atomic mass is 9.74. The molecule has 6 amide bonds. The summed E-state index contributed by atoms with van der Waals surface area (Å²) in [5.74, 6) is -7.71. The highest BCUT2D eigenvalue weighted by molar-refractivity contribution is 5.98. The molecule has 1 saturated heterocycles. The van der Waals surface area contributed by atoms with Crippen LogP contribution in [0.5, 0.6) is 0 Å². The fourth-order valence-electron chi connectivity index (χ4n) is 8.22. The van der Waals surface area contributed by atoms with Crippen LogP contribution in [-0.4, -0.2) is 94.2 Å². The molecule has 4 aromatic carbocycles. The van der Waals surface area contributed by atoms with Gasteiger partial charge in [0.05, 0.1) is 11.8 Å². The first-order chi connectivity index (χ1) is 31.2. The van der Waals surface area contributed by atoms with Crippen LogP contribution in [0, 0.1) is 11.3 Å². The van der Waals surface area contributed by atoms with Gasteiger partial charge in [0.2, 0.25) is 35.4 Å². The predicted molar refractivity (Wildman–Crippen MR) is 238 cm³/mol. The monoisotopic (exact) mass is 884 g/mol. The molecule has 1 unspecified atom stereocenters. The molecule has 8 N–H and O–H groups in total.